The minimum Gasteiger partial charge on any atom is -0.369 e. The zero-order valence-electron chi connectivity index (χ0n) is 13.7. The molecule has 1 atom stereocenters. The molecule has 2 rings (SSSR count). The smallest absolute Gasteiger partial charge is 0.318 e. The molecule has 1 N–H and O–H groups in total. The summed E-state index contributed by atoms with van der Waals surface area (Å²) in [5.74, 6) is 0.130. The predicted octanol–water partition coefficient (Wildman–Crippen LogP) is 3.34. The summed E-state index contributed by atoms with van der Waals surface area (Å²) < 4.78 is 19.0. The van der Waals surface area contributed by atoms with E-state index in [-0.39, 0.29) is 18.0 Å². The van der Waals surface area contributed by atoms with Gasteiger partial charge in [-0.1, -0.05) is 26.0 Å². The van der Waals surface area contributed by atoms with E-state index in [9.17, 15) is 9.18 Å². The van der Waals surface area contributed by atoms with Crippen LogP contribution in [0.3, 0.4) is 0 Å². The number of amides is 2. The Hall–Kier alpha value is -1.62. The van der Waals surface area contributed by atoms with Crippen LogP contribution in [0.4, 0.5) is 9.18 Å². The Morgan fingerprint density at radius 3 is 2.64 bits per heavy atom. The molecule has 4 nitrogen and oxygen atoms in total. The normalized spacial score (nSPS) is 21.0. The Labute approximate surface area is 131 Å². The van der Waals surface area contributed by atoms with Gasteiger partial charge >= 0.3 is 6.03 Å². The first-order valence-corrected chi connectivity index (χ1v) is 7.75. The number of nitrogens with zero attached hydrogens (tertiary/aromatic N) is 1. The van der Waals surface area contributed by atoms with Crippen molar-refractivity contribution in [1.82, 2.24) is 10.2 Å². The van der Waals surface area contributed by atoms with E-state index in [2.05, 4.69) is 19.2 Å². The van der Waals surface area contributed by atoms with E-state index in [4.69, 9.17) is 4.74 Å². The standard InChI is InChI=1S/C17H25FN2O2/c1-12(2)11-19-16(21)20-9-10-22-15(17(20,3)4)13-5-7-14(18)8-6-13/h5-8,12,15H,9-11H2,1-4H3,(H,19,21). The molecule has 1 saturated heterocycles. The van der Waals surface area contributed by atoms with Gasteiger partial charge in [-0.3, -0.25) is 0 Å². The summed E-state index contributed by atoms with van der Waals surface area (Å²) in [7, 11) is 0. The average Bonchev–Trinajstić information content (AvgIpc) is 2.45. The van der Waals surface area contributed by atoms with Crippen molar-refractivity contribution in [3.05, 3.63) is 35.6 Å². The third-order valence-corrected chi connectivity index (χ3v) is 4.02. The molecule has 1 aromatic rings. The van der Waals surface area contributed by atoms with Crippen molar-refractivity contribution in [2.24, 2.45) is 5.92 Å². The lowest BCUT2D eigenvalue weighted by Crippen LogP contribution is -2.59. The van der Waals surface area contributed by atoms with Gasteiger partial charge in [-0.05, 0) is 37.5 Å². The molecule has 22 heavy (non-hydrogen) atoms. The first-order chi connectivity index (χ1) is 10.3. The number of carbonyl (C=O) groups is 1. The largest absolute Gasteiger partial charge is 0.369 e. The van der Waals surface area contributed by atoms with Crippen LogP contribution in [0, 0.1) is 11.7 Å². The fourth-order valence-corrected chi connectivity index (χ4v) is 2.79. The van der Waals surface area contributed by atoms with E-state index in [1.807, 2.05) is 18.7 Å². The van der Waals surface area contributed by atoms with Gasteiger partial charge in [-0.2, -0.15) is 0 Å². The van der Waals surface area contributed by atoms with Crippen molar-refractivity contribution in [1.29, 1.82) is 0 Å². The molecule has 0 radical (unpaired) electrons. The lowest BCUT2D eigenvalue weighted by molar-refractivity contribution is -0.0952. The maximum absolute atomic E-state index is 13.1. The molecule has 0 bridgehead atoms. The molecule has 2 amide bonds. The summed E-state index contributed by atoms with van der Waals surface area (Å²) >= 11 is 0. The molecule has 122 valence electrons. The number of hydrogen-bond acceptors (Lipinski definition) is 2. The quantitative estimate of drug-likeness (QED) is 0.930. The number of hydrogen-bond donors (Lipinski definition) is 1. The minimum absolute atomic E-state index is 0.0749. The van der Waals surface area contributed by atoms with Crippen LogP contribution in [-0.4, -0.2) is 36.2 Å². The highest BCUT2D eigenvalue weighted by molar-refractivity contribution is 5.75. The van der Waals surface area contributed by atoms with Crippen LogP contribution in [0.5, 0.6) is 0 Å². The van der Waals surface area contributed by atoms with Crippen LogP contribution in [0.25, 0.3) is 0 Å². The van der Waals surface area contributed by atoms with E-state index in [1.54, 1.807) is 12.1 Å². The van der Waals surface area contributed by atoms with E-state index >= 15 is 0 Å². The molecular weight excluding hydrogens is 283 g/mol. The van der Waals surface area contributed by atoms with Gasteiger partial charge in [0, 0.05) is 13.1 Å². The fourth-order valence-electron chi connectivity index (χ4n) is 2.79. The number of ether oxygens (including phenoxy) is 1. The molecule has 0 aliphatic carbocycles. The number of urea groups is 1. The Kier molecular flexibility index (Phi) is 5.06. The lowest BCUT2D eigenvalue weighted by Gasteiger charge is -2.47. The Balaban J connectivity index is 2.16. The molecule has 1 fully saturated rings. The van der Waals surface area contributed by atoms with Gasteiger partial charge in [0.05, 0.1) is 12.1 Å². The number of carbonyl (C=O) groups excluding carboxylic acids is 1. The van der Waals surface area contributed by atoms with Gasteiger partial charge < -0.3 is 15.0 Å². The summed E-state index contributed by atoms with van der Waals surface area (Å²) in [4.78, 5) is 14.3. The highest BCUT2D eigenvalue weighted by Crippen LogP contribution is 2.37. The molecular formula is C17H25FN2O2. The Morgan fingerprint density at radius 2 is 2.05 bits per heavy atom. The predicted molar refractivity (Wildman–Crippen MR) is 84.1 cm³/mol. The summed E-state index contributed by atoms with van der Waals surface area (Å²) in [5.41, 5.74) is 0.379. The van der Waals surface area contributed by atoms with Crippen molar-refractivity contribution in [3.63, 3.8) is 0 Å². The monoisotopic (exact) mass is 308 g/mol. The topological polar surface area (TPSA) is 41.6 Å². The fraction of sp³-hybridized carbons (Fsp3) is 0.588. The molecule has 5 heteroatoms. The van der Waals surface area contributed by atoms with E-state index in [1.165, 1.54) is 12.1 Å². The van der Waals surface area contributed by atoms with Crippen LogP contribution in [0.2, 0.25) is 0 Å². The summed E-state index contributed by atoms with van der Waals surface area (Å²) in [6, 6.07) is 6.21. The second kappa shape index (κ2) is 6.65. The Bertz CT molecular complexity index is 514. The Morgan fingerprint density at radius 1 is 1.41 bits per heavy atom. The highest BCUT2D eigenvalue weighted by Gasteiger charge is 2.42. The molecule has 1 aliphatic rings. The molecule has 0 saturated carbocycles. The van der Waals surface area contributed by atoms with Crippen LogP contribution < -0.4 is 5.32 Å². The van der Waals surface area contributed by atoms with Gasteiger partial charge in [0.1, 0.15) is 11.9 Å². The highest BCUT2D eigenvalue weighted by atomic mass is 19.1. The SMILES string of the molecule is CC(C)CNC(=O)N1CCOC(c2ccc(F)cc2)C1(C)C. The maximum atomic E-state index is 13.1. The van der Waals surface area contributed by atoms with Crippen molar-refractivity contribution < 1.29 is 13.9 Å². The molecule has 1 aliphatic heterocycles. The van der Waals surface area contributed by atoms with Gasteiger partial charge in [0.15, 0.2) is 0 Å². The van der Waals surface area contributed by atoms with Crippen LogP contribution in [0.15, 0.2) is 24.3 Å². The van der Waals surface area contributed by atoms with Gasteiger partial charge in [-0.25, -0.2) is 9.18 Å². The van der Waals surface area contributed by atoms with Crippen molar-refractivity contribution in [2.75, 3.05) is 19.7 Å². The molecule has 0 aromatic heterocycles. The van der Waals surface area contributed by atoms with Crippen LogP contribution in [0.1, 0.15) is 39.4 Å². The third kappa shape index (κ3) is 3.58. The molecule has 1 unspecified atom stereocenters. The molecule has 1 aromatic carbocycles. The van der Waals surface area contributed by atoms with Crippen LogP contribution >= 0.6 is 0 Å². The van der Waals surface area contributed by atoms with Gasteiger partial charge in [0.25, 0.3) is 0 Å². The number of halogens is 1. The minimum atomic E-state index is -0.503. The first kappa shape index (κ1) is 16.7. The number of rotatable bonds is 3. The lowest BCUT2D eigenvalue weighted by atomic mass is 9.88. The zero-order valence-corrected chi connectivity index (χ0v) is 13.7. The maximum Gasteiger partial charge on any atom is 0.318 e. The van der Waals surface area contributed by atoms with Crippen molar-refractivity contribution in [3.8, 4) is 0 Å². The summed E-state index contributed by atoms with van der Waals surface area (Å²) in [6.45, 7) is 9.76. The second-order valence-corrected chi connectivity index (χ2v) is 6.69. The van der Waals surface area contributed by atoms with E-state index in [0.717, 1.165) is 5.56 Å². The molecule has 0 spiro atoms. The molecule has 1 heterocycles. The van der Waals surface area contributed by atoms with Gasteiger partial charge in [-0.15, -0.1) is 0 Å². The van der Waals surface area contributed by atoms with E-state index < -0.39 is 5.54 Å². The van der Waals surface area contributed by atoms with Crippen LogP contribution in [-0.2, 0) is 4.74 Å². The summed E-state index contributed by atoms with van der Waals surface area (Å²) in [5, 5.41) is 2.96. The number of nitrogens with one attached hydrogen (secondary N) is 1. The number of morpholine rings is 1. The average molecular weight is 308 g/mol. The number of benzene rings is 1. The van der Waals surface area contributed by atoms with E-state index in [0.29, 0.717) is 25.6 Å². The van der Waals surface area contributed by atoms with Crippen molar-refractivity contribution in [2.45, 2.75) is 39.3 Å². The second-order valence-electron chi connectivity index (χ2n) is 6.69. The first-order valence-electron chi connectivity index (χ1n) is 7.75. The van der Waals surface area contributed by atoms with Crippen molar-refractivity contribution >= 4 is 6.03 Å². The van der Waals surface area contributed by atoms with Gasteiger partial charge in [0.2, 0.25) is 0 Å². The zero-order chi connectivity index (χ0) is 16.3. The third-order valence-electron chi connectivity index (χ3n) is 4.02. The summed E-state index contributed by atoms with van der Waals surface area (Å²) in [6.07, 6.45) is -0.272.